The van der Waals surface area contributed by atoms with Crippen molar-refractivity contribution in [3.05, 3.63) is 63.4 Å². The number of amides is 2. The van der Waals surface area contributed by atoms with E-state index in [9.17, 15) is 9.59 Å². The van der Waals surface area contributed by atoms with Gasteiger partial charge in [0.25, 0.3) is 11.8 Å². The van der Waals surface area contributed by atoms with E-state index in [0.29, 0.717) is 0 Å². The second-order valence-corrected chi connectivity index (χ2v) is 9.52. The van der Waals surface area contributed by atoms with Crippen LogP contribution in [0.5, 0.6) is 0 Å². The Morgan fingerprint density at radius 3 is 2.20 bits per heavy atom. The molecule has 0 N–H and O–H groups in total. The number of imide groups is 1. The van der Waals surface area contributed by atoms with Crippen LogP contribution in [0.4, 0.5) is 0 Å². The van der Waals surface area contributed by atoms with Crippen molar-refractivity contribution in [3.8, 4) is 5.69 Å². The quantitative estimate of drug-likeness (QED) is 0.374. The Kier molecular flexibility index (Phi) is 4.58. The van der Waals surface area contributed by atoms with Crippen molar-refractivity contribution in [2.45, 2.75) is 33.6 Å². The Morgan fingerprint density at radius 2 is 1.63 bits per heavy atom. The number of hydrogen-bond donors (Lipinski definition) is 0. The van der Waals surface area contributed by atoms with E-state index in [1.54, 1.807) is 6.21 Å². The van der Waals surface area contributed by atoms with Crippen LogP contribution in [0.2, 0.25) is 0 Å². The van der Waals surface area contributed by atoms with E-state index in [2.05, 4.69) is 62.9 Å². The molecule has 1 aromatic heterocycles. The molecule has 30 heavy (non-hydrogen) atoms. The Morgan fingerprint density at radius 1 is 1.00 bits per heavy atom. The highest BCUT2D eigenvalue weighted by atomic mass is 79.9. The zero-order valence-corrected chi connectivity index (χ0v) is 18.9. The van der Waals surface area contributed by atoms with Gasteiger partial charge in [0.1, 0.15) is 0 Å². The number of fused-ring (bicyclic) bond motifs is 1. The minimum Gasteiger partial charge on any atom is -0.318 e. The van der Waals surface area contributed by atoms with E-state index >= 15 is 0 Å². The third-order valence-corrected chi connectivity index (χ3v) is 7.79. The van der Waals surface area contributed by atoms with Crippen molar-refractivity contribution in [3.63, 3.8) is 0 Å². The summed E-state index contributed by atoms with van der Waals surface area (Å²) in [6.45, 7) is 6.13. The molecular formula is C24H24BrN3O2. The molecule has 1 aromatic carbocycles. The number of aromatic nitrogens is 1. The fraction of sp³-hybridized carbons (Fsp3) is 0.375. The van der Waals surface area contributed by atoms with E-state index in [-0.39, 0.29) is 35.5 Å². The van der Waals surface area contributed by atoms with Gasteiger partial charge >= 0.3 is 0 Å². The smallest absolute Gasteiger partial charge is 0.254 e. The van der Waals surface area contributed by atoms with Crippen LogP contribution in [-0.4, -0.2) is 27.6 Å². The lowest BCUT2D eigenvalue weighted by atomic mass is 9.63. The number of allylic oxidation sites excluding steroid dienone is 2. The summed E-state index contributed by atoms with van der Waals surface area (Å²) >= 11 is 3.61. The Hall–Kier alpha value is -2.47. The molecule has 4 aliphatic rings. The average Bonchev–Trinajstić information content (AvgIpc) is 3.17. The molecule has 6 heteroatoms. The van der Waals surface area contributed by atoms with Crippen LogP contribution in [0.1, 0.15) is 35.4 Å². The van der Waals surface area contributed by atoms with Gasteiger partial charge in [-0.3, -0.25) is 9.59 Å². The van der Waals surface area contributed by atoms with Gasteiger partial charge in [-0.2, -0.15) is 10.1 Å². The molecule has 2 heterocycles. The fourth-order valence-corrected chi connectivity index (χ4v) is 5.70. The molecule has 2 amide bonds. The molecule has 6 rings (SSSR count). The maximum absolute atomic E-state index is 13.0. The summed E-state index contributed by atoms with van der Waals surface area (Å²) in [5.41, 5.74) is 5.23. The number of carbonyl (C=O) groups excluding carboxylic acids is 2. The number of halogens is 1. The van der Waals surface area contributed by atoms with Crippen LogP contribution in [-0.2, 0) is 9.59 Å². The molecule has 4 atom stereocenters. The van der Waals surface area contributed by atoms with Gasteiger partial charge in [-0.1, -0.05) is 34.1 Å². The maximum atomic E-state index is 13.0. The Bertz CT molecular complexity index is 1100. The third-order valence-electron chi connectivity index (χ3n) is 6.93. The summed E-state index contributed by atoms with van der Waals surface area (Å²) in [6.07, 6.45) is 7.89. The first-order valence-electron chi connectivity index (χ1n) is 10.4. The van der Waals surface area contributed by atoms with E-state index in [1.807, 2.05) is 19.9 Å². The molecule has 2 bridgehead atoms. The first kappa shape index (κ1) is 19.5. The summed E-state index contributed by atoms with van der Waals surface area (Å²) in [5.74, 6) is -0.372. The van der Waals surface area contributed by atoms with Gasteiger partial charge in [0.15, 0.2) is 0 Å². The monoisotopic (exact) mass is 465 g/mol. The van der Waals surface area contributed by atoms with Gasteiger partial charge in [-0.05, 0) is 69.2 Å². The van der Waals surface area contributed by atoms with Gasteiger partial charge < -0.3 is 4.57 Å². The second kappa shape index (κ2) is 7.05. The standard InChI is InChI=1S/C24H24BrN3O2/c1-13-4-9-19(11-20(13)25)27-14(2)10-18(15(27)3)12-26-28-23(29)21-16-5-6-17(8-7-16)22(21)24(28)30/h4-6,9-12,16-17,21-22H,7-8H2,1-3H3/b26-12+. The Labute approximate surface area is 184 Å². The molecule has 1 aliphatic heterocycles. The van der Waals surface area contributed by atoms with E-state index < -0.39 is 0 Å². The minimum atomic E-state index is -0.226. The van der Waals surface area contributed by atoms with E-state index in [4.69, 9.17) is 0 Å². The summed E-state index contributed by atoms with van der Waals surface area (Å²) in [7, 11) is 0. The van der Waals surface area contributed by atoms with Gasteiger partial charge in [0, 0.05) is 27.1 Å². The van der Waals surface area contributed by atoms with Gasteiger partial charge in [-0.15, -0.1) is 0 Å². The summed E-state index contributed by atoms with van der Waals surface area (Å²) < 4.78 is 3.21. The SMILES string of the molecule is Cc1ccc(-n2c(C)cc(/C=N/N3C(=O)C4C5C=CC(CC5)C4C3=O)c2C)cc1Br. The molecule has 0 spiro atoms. The topological polar surface area (TPSA) is 54.7 Å². The highest BCUT2D eigenvalue weighted by Crippen LogP contribution is 2.49. The number of benzene rings is 1. The molecule has 154 valence electrons. The molecule has 3 aliphatic carbocycles. The first-order chi connectivity index (χ1) is 14.4. The summed E-state index contributed by atoms with van der Waals surface area (Å²) in [4.78, 5) is 25.9. The van der Waals surface area contributed by atoms with Crippen LogP contribution in [0.15, 0.2) is 46.0 Å². The lowest BCUT2D eigenvalue weighted by Crippen LogP contribution is -2.38. The highest BCUT2D eigenvalue weighted by Gasteiger charge is 2.56. The fourth-order valence-electron chi connectivity index (χ4n) is 5.33. The molecule has 2 fully saturated rings. The van der Waals surface area contributed by atoms with Crippen molar-refractivity contribution in [2.24, 2.45) is 28.8 Å². The van der Waals surface area contributed by atoms with Crippen LogP contribution < -0.4 is 0 Å². The zero-order chi connectivity index (χ0) is 21.2. The highest BCUT2D eigenvalue weighted by molar-refractivity contribution is 9.10. The van der Waals surface area contributed by atoms with Crippen LogP contribution in [0.3, 0.4) is 0 Å². The molecule has 0 radical (unpaired) electrons. The largest absolute Gasteiger partial charge is 0.318 e. The van der Waals surface area contributed by atoms with Crippen molar-refractivity contribution in [2.75, 3.05) is 0 Å². The predicted octanol–water partition coefficient (Wildman–Crippen LogP) is 4.70. The number of hydrazone groups is 1. The van der Waals surface area contributed by atoms with E-state index in [0.717, 1.165) is 45.0 Å². The van der Waals surface area contributed by atoms with Gasteiger partial charge in [0.05, 0.1) is 18.1 Å². The van der Waals surface area contributed by atoms with Gasteiger partial charge in [0.2, 0.25) is 0 Å². The van der Waals surface area contributed by atoms with Crippen molar-refractivity contribution in [1.82, 2.24) is 9.58 Å². The first-order valence-corrected chi connectivity index (χ1v) is 11.2. The van der Waals surface area contributed by atoms with Crippen LogP contribution >= 0.6 is 15.9 Å². The van der Waals surface area contributed by atoms with Gasteiger partial charge in [-0.25, -0.2) is 0 Å². The zero-order valence-electron chi connectivity index (χ0n) is 17.3. The number of carbonyl (C=O) groups is 2. The number of hydrogen-bond acceptors (Lipinski definition) is 3. The van der Waals surface area contributed by atoms with Crippen LogP contribution in [0.25, 0.3) is 5.69 Å². The average molecular weight is 466 g/mol. The lowest BCUT2D eigenvalue weighted by molar-refractivity contribution is -0.140. The number of nitrogens with zero attached hydrogens (tertiary/aromatic N) is 3. The van der Waals surface area contributed by atoms with Crippen molar-refractivity contribution >= 4 is 34.0 Å². The third kappa shape index (κ3) is 2.84. The van der Waals surface area contributed by atoms with Crippen LogP contribution in [0, 0.1) is 44.4 Å². The molecular weight excluding hydrogens is 442 g/mol. The molecule has 4 unspecified atom stereocenters. The number of aryl methyl sites for hydroxylation is 2. The van der Waals surface area contributed by atoms with Crippen molar-refractivity contribution in [1.29, 1.82) is 0 Å². The minimum absolute atomic E-state index is 0.142. The second-order valence-electron chi connectivity index (χ2n) is 8.67. The molecule has 5 nitrogen and oxygen atoms in total. The molecule has 1 saturated heterocycles. The summed E-state index contributed by atoms with van der Waals surface area (Å²) in [6, 6.07) is 8.30. The molecule has 1 saturated carbocycles. The van der Waals surface area contributed by atoms with E-state index in [1.165, 1.54) is 5.56 Å². The van der Waals surface area contributed by atoms with Crippen molar-refractivity contribution < 1.29 is 9.59 Å². The molecule has 2 aromatic rings. The normalized spacial score (nSPS) is 27.5. The lowest BCUT2D eigenvalue weighted by Gasteiger charge is -2.37. The maximum Gasteiger partial charge on any atom is 0.254 e. The number of rotatable bonds is 3. The Balaban J connectivity index is 1.45. The summed E-state index contributed by atoms with van der Waals surface area (Å²) in [5, 5.41) is 5.50. The predicted molar refractivity (Wildman–Crippen MR) is 119 cm³/mol.